The fourth-order valence-corrected chi connectivity index (χ4v) is 3.31. The van der Waals surface area contributed by atoms with Gasteiger partial charge in [0.05, 0.1) is 4.47 Å². The van der Waals surface area contributed by atoms with Crippen LogP contribution >= 0.6 is 15.9 Å². The van der Waals surface area contributed by atoms with E-state index in [9.17, 15) is 4.39 Å². The second-order valence-corrected chi connectivity index (χ2v) is 7.82. The molecule has 1 saturated heterocycles. The van der Waals surface area contributed by atoms with Crippen LogP contribution in [0, 0.1) is 11.2 Å². The summed E-state index contributed by atoms with van der Waals surface area (Å²) in [6.07, 6.45) is 1.11. The highest BCUT2D eigenvalue weighted by Crippen LogP contribution is 2.27. The highest BCUT2D eigenvalue weighted by Gasteiger charge is 2.33. The lowest BCUT2D eigenvalue weighted by molar-refractivity contribution is 0.0772. The Morgan fingerprint density at radius 1 is 1.38 bits per heavy atom. The largest absolute Gasteiger partial charge is 0.311 e. The number of hydrogen-bond acceptors (Lipinski definition) is 2. The first kappa shape index (κ1) is 16.9. The number of rotatable bonds is 3. The zero-order valence-electron chi connectivity index (χ0n) is 13.4. The van der Waals surface area contributed by atoms with Crippen molar-refractivity contribution in [1.82, 2.24) is 10.2 Å². The van der Waals surface area contributed by atoms with Gasteiger partial charge in [0.25, 0.3) is 0 Å². The molecule has 2 nitrogen and oxygen atoms in total. The Balaban J connectivity index is 2.16. The summed E-state index contributed by atoms with van der Waals surface area (Å²) >= 11 is 3.39. The molecule has 0 spiro atoms. The molecule has 0 aromatic heterocycles. The van der Waals surface area contributed by atoms with E-state index in [-0.39, 0.29) is 11.2 Å². The molecule has 2 unspecified atom stereocenters. The lowest BCUT2D eigenvalue weighted by Gasteiger charge is -2.45. The minimum atomic E-state index is -0.178. The Hall–Kier alpha value is -0.450. The third kappa shape index (κ3) is 4.05. The van der Waals surface area contributed by atoms with Gasteiger partial charge in [-0.3, -0.25) is 4.90 Å². The van der Waals surface area contributed by atoms with Gasteiger partial charge in [-0.05, 0) is 39.4 Å². The number of halogens is 2. The molecule has 2 rings (SSSR count). The van der Waals surface area contributed by atoms with Gasteiger partial charge >= 0.3 is 0 Å². The lowest BCUT2D eigenvalue weighted by atomic mass is 9.84. The maximum atomic E-state index is 13.7. The van der Waals surface area contributed by atoms with Crippen molar-refractivity contribution in [3.63, 3.8) is 0 Å². The molecular formula is C17H26BrFN2. The molecule has 0 aliphatic carbocycles. The third-order valence-corrected chi connectivity index (χ3v) is 5.34. The van der Waals surface area contributed by atoms with Crippen molar-refractivity contribution in [2.45, 2.75) is 52.7 Å². The van der Waals surface area contributed by atoms with Crippen molar-refractivity contribution in [3.05, 3.63) is 34.1 Å². The van der Waals surface area contributed by atoms with Crippen LogP contribution in [0.2, 0.25) is 0 Å². The van der Waals surface area contributed by atoms with Crippen LogP contribution in [-0.4, -0.2) is 30.1 Å². The molecule has 0 bridgehead atoms. The summed E-state index contributed by atoms with van der Waals surface area (Å²) in [5.41, 5.74) is 1.26. The maximum absolute atomic E-state index is 13.7. The average molecular weight is 357 g/mol. The molecule has 118 valence electrons. The molecule has 21 heavy (non-hydrogen) atoms. The smallest absolute Gasteiger partial charge is 0.137 e. The standard InChI is InChI=1S/C17H26BrFN2/c1-5-13-9-20-15(17(2,3)4)11-21(13)10-12-7-6-8-14(19)16(12)18/h6-8,13,15,20H,5,9-11H2,1-4H3. The lowest BCUT2D eigenvalue weighted by Crippen LogP contribution is -2.59. The number of hydrogen-bond donors (Lipinski definition) is 1. The van der Waals surface area contributed by atoms with Crippen LogP contribution in [0.1, 0.15) is 39.7 Å². The number of nitrogens with zero attached hydrogens (tertiary/aromatic N) is 1. The fourth-order valence-electron chi connectivity index (χ4n) is 2.92. The number of piperazine rings is 1. The Bertz CT molecular complexity index is 484. The maximum Gasteiger partial charge on any atom is 0.137 e. The van der Waals surface area contributed by atoms with E-state index in [4.69, 9.17) is 0 Å². The van der Waals surface area contributed by atoms with Gasteiger partial charge in [-0.2, -0.15) is 0 Å². The first-order chi connectivity index (χ1) is 9.82. The molecule has 2 atom stereocenters. The molecule has 1 fully saturated rings. The first-order valence-electron chi connectivity index (χ1n) is 7.73. The summed E-state index contributed by atoms with van der Waals surface area (Å²) in [5.74, 6) is -0.178. The number of benzene rings is 1. The fraction of sp³-hybridized carbons (Fsp3) is 0.647. The number of nitrogens with one attached hydrogen (secondary N) is 1. The van der Waals surface area contributed by atoms with Crippen molar-refractivity contribution in [1.29, 1.82) is 0 Å². The van der Waals surface area contributed by atoms with Gasteiger partial charge in [0.1, 0.15) is 5.82 Å². The van der Waals surface area contributed by atoms with E-state index in [1.54, 1.807) is 6.07 Å². The van der Waals surface area contributed by atoms with E-state index in [1.807, 2.05) is 6.07 Å². The molecular weight excluding hydrogens is 331 g/mol. The van der Waals surface area contributed by atoms with Crippen LogP contribution in [0.25, 0.3) is 0 Å². The molecule has 1 N–H and O–H groups in total. The van der Waals surface area contributed by atoms with Crippen molar-refractivity contribution >= 4 is 15.9 Å². The summed E-state index contributed by atoms with van der Waals surface area (Å²) in [4.78, 5) is 2.49. The third-order valence-electron chi connectivity index (χ3n) is 4.45. The van der Waals surface area contributed by atoms with Crippen LogP contribution in [0.5, 0.6) is 0 Å². The van der Waals surface area contributed by atoms with Crippen LogP contribution in [0.3, 0.4) is 0 Å². The Kier molecular flexibility index (Phi) is 5.44. The van der Waals surface area contributed by atoms with Gasteiger partial charge in [-0.15, -0.1) is 0 Å². The predicted octanol–water partition coefficient (Wildman–Crippen LogP) is 4.19. The Morgan fingerprint density at radius 2 is 2.10 bits per heavy atom. The summed E-state index contributed by atoms with van der Waals surface area (Å²) in [7, 11) is 0. The van der Waals surface area contributed by atoms with Crippen molar-refractivity contribution < 1.29 is 4.39 Å². The van der Waals surface area contributed by atoms with Gasteiger partial charge in [0, 0.05) is 31.7 Å². The quantitative estimate of drug-likeness (QED) is 0.873. The van der Waals surface area contributed by atoms with E-state index in [1.165, 1.54) is 6.07 Å². The van der Waals surface area contributed by atoms with E-state index in [0.717, 1.165) is 31.6 Å². The molecule has 1 aliphatic heterocycles. The Labute approximate surface area is 136 Å². The summed E-state index contributed by atoms with van der Waals surface area (Å²) < 4.78 is 14.3. The van der Waals surface area contributed by atoms with Gasteiger partial charge in [-0.1, -0.05) is 39.8 Å². The molecule has 4 heteroatoms. The zero-order valence-corrected chi connectivity index (χ0v) is 15.0. The minimum Gasteiger partial charge on any atom is -0.311 e. The topological polar surface area (TPSA) is 15.3 Å². The minimum absolute atomic E-state index is 0.178. The van der Waals surface area contributed by atoms with E-state index in [0.29, 0.717) is 16.6 Å². The monoisotopic (exact) mass is 356 g/mol. The summed E-state index contributed by atoms with van der Waals surface area (Å²) in [5, 5.41) is 3.67. The molecule has 1 heterocycles. The second-order valence-electron chi connectivity index (χ2n) is 7.03. The summed E-state index contributed by atoms with van der Waals surface area (Å²) in [6.45, 7) is 11.8. The van der Waals surface area contributed by atoms with Crippen LogP contribution in [-0.2, 0) is 6.54 Å². The molecule has 0 saturated carbocycles. The summed E-state index contributed by atoms with van der Waals surface area (Å²) in [6, 6.07) is 6.28. The predicted molar refractivity (Wildman–Crippen MR) is 89.8 cm³/mol. The van der Waals surface area contributed by atoms with E-state index < -0.39 is 0 Å². The first-order valence-corrected chi connectivity index (χ1v) is 8.52. The highest BCUT2D eigenvalue weighted by molar-refractivity contribution is 9.10. The molecule has 0 radical (unpaired) electrons. The van der Waals surface area contributed by atoms with Gasteiger partial charge < -0.3 is 5.32 Å². The van der Waals surface area contributed by atoms with Gasteiger partial charge in [0.15, 0.2) is 0 Å². The van der Waals surface area contributed by atoms with E-state index in [2.05, 4.69) is 53.8 Å². The van der Waals surface area contributed by atoms with Gasteiger partial charge in [0.2, 0.25) is 0 Å². The SMILES string of the molecule is CCC1CNC(C(C)(C)C)CN1Cc1cccc(F)c1Br. The normalized spacial score (nSPS) is 24.3. The molecule has 1 aliphatic rings. The zero-order chi connectivity index (χ0) is 15.6. The van der Waals surface area contributed by atoms with Gasteiger partial charge in [-0.25, -0.2) is 4.39 Å². The van der Waals surface area contributed by atoms with Crippen LogP contribution in [0.4, 0.5) is 4.39 Å². The van der Waals surface area contributed by atoms with Crippen molar-refractivity contribution in [3.8, 4) is 0 Å². The highest BCUT2D eigenvalue weighted by atomic mass is 79.9. The molecule has 1 aromatic rings. The second kappa shape index (κ2) is 6.76. The average Bonchev–Trinajstić information content (AvgIpc) is 2.43. The van der Waals surface area contributed by atoms with Crippen LogP contribution in [0.15, 0.2) is 22.7 Å². The molecule has 0 amide bonds. The van der Waals surface area contributed by atoms with Crippen LogP contribution < -0.4 is 5.32 Å². The van der Waals surface area contributed by atoms with E-state index >= 15 is 0 Å². The molecule has 1 aromatic carbocycles. The van der Waals surface area contributed by atoms with Crippen molar-refractivity contribution in [2.24, 2.45) is 5.41 Å². The van der Waals surface area contributed by atoms with Crippen molar-refractivity contribution in [2.75, 3.05) is 13.1 Å². The Morgan fingerprint density at radius 3 is 2.71 bits per heavy atom.